The zero-order chi connectivity index (χ0) is 22.0. The van der Waals surface area contributed by atoms with Gasteiger partial charge in [0.1, 0.15) is 18.0 Å². The third kappa shape index (κ3) is 5.11. The van der Waals surface area contributed by atoms with Gasteiger partial charge in [0.15, 0.2) is 0 Å². The predicted octanol–water partition coefficient (Wildman–Crippen LogP) is 5.36. The molecule has 0 atom stereocenters. The summed E-state index contributed by atoms with van der Waals surface area (Å²) in [5.74, 6) is 1.01. The lowest BCUT2D eigenvalue weighted by Crippen LogP contribution is -2.14. The van der Waals surface area contributed by atoms with Crippen LogP contribution < -0.4 is 15.5 Å². The summed E-state index contributed by atoms with van der Waals surface area (Å²) in [6, 6.07) is 13.9. The highest BCUT2D eigenvalue weighted by molar-refractivity contribution is 5.94. The SMILES string of the molecule is CN(c1cccc(C(F)(F)F)c1)c1cc(Nc2cccc(NC(=O)C3CC3)c2)ncn1. The minimum absolute atomic E-state index is 0.0178. The van der Waals surface area contributed by atoms with E-state index in [9.17, 15) is 18.0 Å². The summed E-state index contributed by atoms with van der Waals surface area (Å²) in [6.07, 6.45) is -1.24. The van der Waals surface area contributed by atoms with Crippen molar-refractivity contribution in [1.29, 1.82) is 0 Å². The molecule has 0 aliphatic heterocycles. The smallest absolute Gasteiger partial charge is 0.340 e. The Labute approximate surface area is 177 Å². The van der Waals surface area contributed by atoms with E-state index in [-0.39, 0.29) is 11.8 Å². The number of carbonyl (C=O) groups excluding carboxylic acids is 1. The highest BCUT2D eigenvalue weighted by Crippen LogP contribution is 2.33. The van der Waals surface area contributed by atoms with Gasteiger partial charge in [0, 0.05) is 36.1 Å². The van der Waals surface area contributed by atoms with E-state index in [0.29, 0.717) is 28.7 Å². The lowest BCUT2D eigenvalue weighted by atomic mass is 10.2. The standard InChI is InChI=1S/C22H20F3N5O/c1-30(18-7-2-4-15(10-18)22(23,24)25)20-12-19(26-13-27-20)28-16-5-3-6-17(11-16)29-21(31)14-8-9-14/h2-7,10-14H,8-9H2,1H3,(H,29,31)(H,26,27,28). The molecule has 6 nitrogen and oxygen atoms in total. The first kappa shape index (κ1) is 20.6. The second-order valence-electron chi connectivity index (χ2n) is 7.34. The van der Waals surface area contributed by atoms with Crippen molar-refractivity contribution in [2.75, 3.05) is 22.6 Å². The van der Waals surface area contributed by atoms with Gasteiger partial charge in [-0.2, -0.15) is 13.2 Å². The van der Waals surface area contributed by atoms with Crippen LogP contribution in [0.3, 0.4) is 0 Å². The molecule has 1 aliphatic rings. The van der Waals surface area contributed by atoms with Gasteiger partial charge in [0.2, 0.25) is 5.91 Å². The average Bonchev–Trinajstić information content (AvgIpc) is 3.59. The Kier molecular flexibility index (Phi) is 5.50. The van der Waals surface area contributed by atoms with Crippen molar-refractivity contribution in [1.82, 2.24) is 9.97 Å². The van der Waals surface area contributed by atoms with E-state index in [2.05, 4.69) is 20.6 Å². The summed E-state index contributed by atoms with van der Waals surface area (Å²) in [4.78, 5) is 21.9. The first-order valence-corrected chi connectivity index (χ1v) is 9.70. The van der Waals surface area contributed by atoms with Crippen LogP contribution in [-0.2, 0) is 11.0 Å². The Hall–Kier alpha value is -3.62. The molecule has 1 saturated carbocycles. The highest BCUT2D eigenvalue weighted by atomic mass is 19.4. The molecular formula is C22H20F3N5O. The van der Waals surface area contributed by atoms with E-state index in [1.165, 1.54) is 12.4 Å². The fraction of sp³-hybridized carbons (Fsp3) is 0.227. The van der Waals surface area contributed by atoms with Gasteiger partial charge >= 0.3 is 6.18 Å². The summed E-state index contributed by atoms with van der Waals surface area (Å²) >= 11 is 0. The Bertz CT molecular complexity index is 1100. The number of nitrogens with zero attached hydrogens (tertiary/aromatic N) is 3. The zero-order valence-corrected chi connectivity index (χ0v) is 16.6. The molecule has 1 aliphatic carbocycles. The predicted molar refractivity (Wildman–Crippen MR) is 113 cm³/mol. The van der Waals surface area contributed by atoms with E-state index < -0.39 is 11.7 Å². The second-order valence-corrected chi connectivity index (χ2v) is 7.34. The highest BCUT2D eigenvalue weighted by Gasteiger charge is 2.31. The van der Waals surface area contributed by atoms with Gasteiger partial charge in [-0.1, -0.05) is 12.1 Å². The number of alkyl halides is 3. The molecule has 0 spiro atoms. The molecule has 9 heteroatoms. The molecule has 2 aromatic carbocycles. The number of amides is 1. The molecular weight excluding hydrogens is 407 g/mol. The lowest BCUT2D eigenvalue weighted by molar-refractivity contribution is -0.137. The quantitative estimate of drug-likeness (QED) is 0.555. The molecule has 4 rings (SSSR count). The van der Waals surface area contributed by atoms with Crippen LogP contribution in [-0.4, -0.2) is 22.9 Å². The van der Waals surface area contributed by atoms with Gasteiger partial charge in [-0.05, 0) is 49.2 Å². The fourth-order valence-electron chi connectivity index (χ4n) is 3.03. The van der Waals surface area contributed by atoms with Crippen molar-refractivity contribution in [3.63, 3.8) is 0 Å². The third-order valence-electron chi connectivity index (χ3n) is 4.91. The van der Waals surface area contributed by atoms with Crippen LogP contribution in [0.25, 0.3) is 0 Å². The van der Waals surface area contributed by atoms with Crippen molar-refractivity contribution in [3.8, 4) is 0 Å². The number of rotatable bonds is 6. The zero-order valence-electron chi connectivity index (χ0n) is 16.6. The van der Waals surface area contributed by atoms with E-state index in [0.717, 1.165) is 25.0 Å². The molecule has 1 heterocycles. The molecule has 31 heavy (non-hydrogen) atoms. The lowest BCUT2D eigenvalue weighted by Gasteiger charge is -2.20. The number of anilines is 5. The van der Waals surface area contributed by atoms with Gasteiger partial charge in [-0.15, -0.1) is 0 Å². The van der Waals surface area contributed by atoms with E-state index in [1.807, 2.05) is 12.1 Å². The second kappa shape index (κ2) is 8.25. The van der Waals surface area contributed by atoms with Gasteiger partial charge in [0.05, 0.1) is 5.56 Å². The van der Waals surface area contributed by atoms with Crippen molar-refractivity contribution >= 4 is 34.6 Å². The van der Waals surface area contributed by atoms with Crippen molar-refractivity contribution < 1.29 is 18.0 Å². The molecule has 0 saturated heterocycles. The summed E-state index contributed by atoms with van der Waals surface area (Å²) in [6.45, 7) is 0. The van der Waals surface area contributed by atoms with Gasteiger partial charge in [0.25, 0.3) is 0 Å². The molecule has 0 unspecified atom stereocenters. The van der Waals surface area contributed by atoms with E-state index in [1.54, 1.807) is 36.2 Å². The maximum atomic E-state index is 13.0. The monoisotopic (exact) mass is 427 g/mol. The summed E-state index contributed by atoms with van der Waals surface area (Å²) in [5, 5.41) is 6.02. The number of hydrogen-bond acceptors (Lipinski definition) is 5. The summed E-state index contributed by atoms with van der Waals surface area (Å²) in [5.41, 5.74) is 1.01. The Morgan fingerprint density at radius 1 is 1.03 bits per heavy atom. The first-order valence-electron chi connectivity index (χ1n) is 9.70. The van der Waals surface area contributed by atoms with Crippen molar-refractivity contribution in [2.45, 2.75) is 19.0 Å². The van der Waals surface area contributed by atoms with Crippen LogP contribution >= 0.6 is 0 Å². The van der Waals surface area contributed by atoms with Crippen molar-refractivity contribution in [2.24, 2.45) is 5.92 Å². The van der Waals surface area contributed by atoms with E-state index >= 15 is 0 Å². The maximum Gasteiger partial charge on any atom is 0.416 e. The van der Waals surface area contributed by atoms with Crippen LogP contribution in [0, 0.1) is 5.92 Å². The molecule has 3 aromatic rings. The number of nitrogens with one attached hydrogen (secondary N) is 2. The molecule has 160 valence electrons. The van der Waals surface area contributed by atoms with Crippen LogP contribution in [0.5, 0.6) is 0 Å². The van der Waals surface area contributed by atoms with Gasteiger partial charge < -0.3 is 15.5 Å². The maximum absolute atomic E-state index is 13.0. The third-order valence-corrected chi connectivity index (χ3v) is 4.91. The Morgan fingerprint density at radius 2 is 1.77 bits per heavy atom. The van der Waals surface area contributed by atoms with Crippen LogP contribution in [0.2, 0.25) is 0 Å². The topological polar surface area (TPSA) is 70.2 Å². The largest absolute Gasteiger partial charge is 0.416 e. The molecule has 0 bridgehead atoms. The van der Waals surface area contributed by atoms with Crippen LogP contribution in [0.15, 0.2) is 60.9 Å². The minimum Gasteiger partial charge on any atom is -0.340 e. The average molecular weight is 427 g/mol. The number of hydrogen-bond donors (Lipinski definition) is 2. The molecule has 1 fully saturated rings. The van der Waals surface area contributed by atoms with E-state index in [4.69, 9.17) is 0 Å². The summed E-state index contributed by atoms with van der Waals surface area (Å²) < 4.78 is 39.1. The summed E-state index contributed by atoms with van der Waals surface area (Å²) in [7, 11) is 1.63. The molecule has 1 amide bonds. The Balaban J connectivity index is 1.50. The normalized spacial score (nSPS) is 13.5. The molecule has 0 radical (unpaired) electrons. The van der Waals surface area contributed by atoms with Gasteiger partial charge in [-0.25, -0.2) is 9.97 Å². The number of carbonyl (C=O) groups is 1. The van der Waals surface area contributed by atoms with Crippen LogP contribution in [0.4, 0.5) is 41.9 Å². The fourth-order valence-corrected chi connectivity index (χ4v) is 3.03. The number of aromatic nitrogens is 2. The van der Waals surface area contributed by atoms with Gasteiger partial charge in [-0.3, -0.25) is 4.79 Å². The first-order chi connectivity index (χ1) is 14.8. The number of benzene rings is 2. The Morgan fingerprint density at radius 3 is 2.52 bits per heavy atom. The number of halogens is 3. The van der Waals surface area contributed by atoms with Crippen LogP contribution in [0.1, 0.15) is 18.4 Å². The molecule has 1 aromatic heterocycles. The minimum atomic E-state index is -4.42. The molecule has 2 N–H and O–H groups in total. The van der Waals surface area contributed by atoms with Crippen molar-refractivity contribution in [3.05, 3.63) is 66.5 Å².